The van der Waals surface area contributed by atoms with E-state index in [0.717, 1.165) is 56.5 Å². The van der Waals surface area contributed by atoms with Gasteiger partial charge in [0.05, 0.1) is 17.4 Å². The molecule has 3 aromatic rings. The van der Waals surface area contributed by atoms with Gasteiger partial charge in [0.2, 0.25) is 5.95 Å². The van der Waals surface area contributed by atoms with E-state index in [1.54, 1.807) is 10.8 Å². The first-order valence-corrected chi connectivity index (χ1v) is 12.6. The first-order valence-electron chi connectivity index (χ1n) is 12.6. The van der Waals surface area contributed by atoms with Crippen LogP contribution >= 0.6 is 0 Å². The molecule has 9 nitrogen and oxygen atoms in total. The molecule has 35 heavy (non-hydrogen) atoms. The number of pyridine rings is 2. The average Bonchev–Trinajstić information content (AvgIpc) is 3.49. The number of hydrogen-bond acceptors (Lipinski definition) is 8. The summed E-state index contributed by atoms with van der Waals surface area (Å²) in [5, 5.41) is 7.32. The highest BCUT2D eigenvalue weighted by atomic mass is 16.1. The van der Waals surface area contributed by atoms with Crippen LogP contribution in [0.25, 0.3) is 11.0 Å². The number of fused-ring (bicyclic) bond motifs is 3. The van der Waals surface area contributed by atoms with Crippen molar-refractivity contribution in [3.63, 3.8) is 0 Å². The zero-order chi connectivity index (χ0) is 24.1. The molecule has 182 valence electrons. The Morgan fingerprint density at radius 3 is 2.60 bits per heavy atom. The van der Waals surface area contributed by atoms with Crippen molar-refractivity contribution < 1.29 is 4.79 Å². The molecule has 2 saturated carbocycles. The molecule has 2 unspecified atom stereocenters. The summed E-state index contributed by atoms with van der Waals surface area (Å²) in [4.78, 5) is 42.2. The van der Waals surface area contributed by atoms with Gasteiger partial charge in [-0.2, -0.15) is 4.98 Å². The molecule has 2 aliphatic carbocycles. The second-order valence-corrected chi connectivity index (χ2v) is 10.2. The molecular formula is C26H31N7O2. The number of aryl methyl sites for hydroxylation is 1. The predicted molar refractivity (Wildman–Crippen MR) is 136 cm³/mol. The molecule has 0 amide bonds. The fraction of sp³-hybridized carbons (Fsp3) is 0.500. The molecule has 9 heteroatoms. The van der Waals surface area contributed by atoms with Crippen LogP contribution < -0.4 is 21.1 Å². The highest BCUT2D eigenvalue weighted by Gasteiger charge is 2.42. The Hall–Kier alpha value is -3.33. The van der Waals surface area contributed by atoms with Crippen molar-refractivity contribution in [2.75, 3.05) is 36.4 Å². The van der Waals surface area contributed by atoms with Gasteiger partial charge in [0.1, 0.15) is 11.5 Å². The zero-order valence-corrected chi connectivity index (χ0v) is 20.3. The van der Waals surface area contributed by atoms with E-state index in [2.05, 4.69) is 31.6 Å². The highest BCUT2D eigenvalue weighted by Crippen LogP contribution is 2.50. The van der Waals surface area contributed by atoms with Gasteiger partial charge in [-0.05, 0) is 62.6 Å². The summed E-state index contributed by atoms with van der Waals surface area (Å²) in [6.45, 7) is 7.15. The quantitative estimate of drug-likeness (QED) is 0.545. The molecule has 3 atom stereocenters. The summed E-state index contributed by atoms with van der Waals surface area (Å²) >= 11 is 0. The van der Waals surface area contributed by atoms with Gasteiger partial charge in [-0.1, -0.05) is 6.42 Å². The first-order chi connectivity index (χ1) is 17.0. The minimum Gasteiger partial charge on any atom is -0.368 e. The summed E-state index contributed by atoms with van der Waals surface area (Å²) in [6.07, 6.45) is 8.08. The molecule has 1 saturated heterocycles. The van der Waals surface area contributed by atoms with Gasteiger partial charge in [0, 0.05) is 43.8 Å². The minimum absolute atomic E-state index is 0.0849. The standard InChI is InChI=1S/C26H31N7O2/c1-15-20-14-29-26(30-22-6-5-19(13-28-22)32-9-7-27-8-10-32)31-24(20)33(25(35)23(15)16(2)34)21-12-17-3-4-18(21)11-17/h5-6,13-14,17-18,21,27H,3-4,7-12H2,1-2H3,(H,28,29,30,31)/t17?,18-,21?/m0/s1. The highest BCUT2D eigenvalue weighted by molar-refractivity contribution is 5.99. The Bertz CT molecular complexity index is 1340. The fourth-order valence-electron chi connectivity index (χ4n) is 6.33. The average molecular weight is 474 g/mol. The minimum atomic E-state index is -0.219. The van der Waals surface area contributed by atoms with Crippen molar-refractivity contribution in [2.24, 2.45) is 11.8 Å². The van der Waals surface area contributed by atoms with Crippen LogP contribution in [0.2, 0.25) is 0 Å². The number of rotatable bonds is 5. The van der Waals surface area contributed by atoms with Crippen LogP contribution in [0.15, 0.2) is 29.3 Å². The second kappa shape index (κ2) is 8.71. The maximum absolute atomic E-state index is 13.6. The Labute approximate surface area is 204 Å². The molecule has 3 aliphatic rings. The van der Waals surface area contributed by atoms with Gasteiger partial charge >= 0.3 is 0 Å². The van der Waals surface area contributed by atoms with Gasteiger partial charge < -0.3 is 15.5 Å². The number of hydrogen-bond donors (Lipinski definition) is 2. The third-order valence-electron chi connectivity index (χ3n) is 8.06. The number of nitrogens with zero attached hydrogens (tertiary/aromatic N) is 5. The summed E-state index contributed by atoms with van der Waals surface area (Å²) in [7, 11) is 0. The van der Waals surface area contributed by atoms with Gasteiger partial charge in [-0.15, -0.1) is 0 Å². The van der Waals surface area contributed by atoms with E-state index in [0.29, 0.717) is 34.8 Å². The summed E-state index contributed by atoms with van der Waals surface area (Å²) in [5.41, 5.74) is 2.39. The molecule has 4 heterocycles. The molecular weight excluding hydrogens is 442 g/mol. The van der Waals surface area contributed by atoms with Crippen molar-refractivity contribution in [2.45, 2.75) is 45.6 Å². The van der Waals surface area contributed by atoms with E-state index in [9.17, 15) is 9.59 Å². The number of aromatic nitrogens is 4. The topological polar surface area (TPSA) is 105 Å². The number of Topliss-reactive ketones (excluding diaryl/α,β-unsaturated/α-hetero) is 1. The molecule has 0 radical (unpaired) electrons. The summed E-state index contributed by atoms with van der Waals surface area (Å²) in [5.74, 6) is 1.96. The molecule has 2 N–H and O–H groups in total. The second-order valence-electron chi connectivity index (χ2n) is 10.2. The summed E-state index contributed by atoms with van der Waals surface area (Å²) in [6, 6.07) is 4.07. The van der Waals surface area contributed by atoms with Crippen LogP contribution in [-0.2, 0) is 0 Å². The van der Waals surface area contributed by atoms with Crippen LogP contribution in [0, 0.1) is 18.8 Å². The lowest BCUT2D eigenvalue weighted by Gasteiger charge is -2.29. The molecule has 6 rings (SSSR count). The monoisotopic (exact) mass is 473 g/mol. The van der Waals surface area contributed by atoms with Gasteiger partial charge in [0.15, 0.2) is 5.78 Å². The molecule has 3 fully saturated rings. The Morgan fingerprint density at radius 1 is 1.11 bits per heavy atom. The first kappa shape index (κ1) is 22.2. The number of piperazine rings is 1. The Morgan fingerprint density at radius 2 is 1.94 bits per heavy atom. The number of anilines is 3. The van der Waals surface area contributed by atoms with Crippen LogP contribution in [-0.4, -0.2) is 51.5 Å². The van der Waals surface area contributed by atoms with Crippen molar-refractivity contribution in [1.82, 2.24) is 24.8 Å². The van der Waals surface area contributed by atoms with Crippen molar-refractivity contribution >= 4 is 34.3 Å². The van der Waals surface area contributed by atoms with Crippen molar-refractivity contribution in [3.05, 3.63) is 46.0 Å². The lowest BCUT2D eigenvalue weighted by Crippen LogP contribution is -2.43. The van der Waals surface area contributed by atoms with Crippen LogP contribution in [0.4, 0.5) is 17.5 Å². The molecule has 1 aliphatic heterocycles. The van der Waals surface area contributed by atoms with E-state index < -0.39 is 0 Å². The van der Waals surface area contributed by atoms with Crippen molar-refractivity contribution in [1.29, 1.82) is 0 Å². The lowest BCUT2D eigenvalue weighted by molar-refractivity contribution is 0.101. The third-order valence-corrected chi connectivity index (χ3v) is 8.06. The Balaban J connectivity index is 1.38. The maximum atomic E-state index is 13.6. The van der Waals surface area contributed by atoms with E-state index in [-0.39, 0.29) is 22.9 Å². The van der Waals surface area contributed by atoms with Gasteiger partial charge in [-0.3, -0.25) is 14.2 Å². The van der Waals surface area contributed by atoms with Crippen molar-refractivity contribution in [3.8, 4) is 0 Å². The van der Waals surface area contributed by atoms with Crippen LogP contribution in [0.5, 0.6) is 0 Å². The number of ketones is 1. The maximum Gasteiger partial charge on any atom is 0.263 e. The van der Waals surface area contributed by atoms with Crippen LogP contribution in [0.3, 0.4) is 0 Å². The smallest absolute Gasteiger partial charge is 0.263 e. The number of carbonyl (C=O) groups is 1. The molecule has 0 spiro atoms. The fourth-order valence-corrected chi connectivity index (χ4v) is 6.33. The zero-order valence-electron chi connectivity index (χ0n) is 20.3. The lowest BCUT2D eigenvalue weighted by atomic mass is 9.94. The molecule has 3 aromatic heterocycles. The van der Waals surface area contributed by atoms with E-state index in [1.807, 2.05) is 19.2 Å². The SMILES string of the molecule is CC(=O)c1c(C)c2cnc(Nc3ccc(N4CCNCC4)cn3)nc2n(C2CC3CC[C@H]2C3)c1=O. The largest absolute Gasteiger partial charge is 0.368 e. The van der Waals surface area contributed by atoms with Crippen LogP contribution in [0.1, 0.15) is 54.6 Å². The number of nitrogens with one attached hydrogen (secondary N) is 2. The van der Waals surface area contributed by atoms with E-state index in [1.165, 1.54) is 13.3 Å². The predicted octanol–water partition coefficient (Wildman–Crippen LogP) is 3.21. The summed E-state index contributed by atoms with van der Waals surface area (Å²) < 4.78 is 1.80. The van der Waals surface area contributed by atoms with E-state index in [4.69, 9.17) is 4.98 Å². The molecule has 0 aromatic carbocycles. The van der Waals surface area contributed by atoms with E-state index >= 15 is 0 Å². The van der Waals surface area contributed by atoms with Gasteiger partial charge in [-0.25, -0.2) is 9.97 Å². The molecule has 2 bridgehead atoms. The number of carbonyl (C=O) groups excluding carboxylic acids is 1. The Kier molecular flexibility index (Phi) is 5.51. The third kappa shape index (κ3) is 3.87. The van der Waals surface area contributed by atoms with Gasteiger partial charge in [0.25, 0.3) is 5.56 Å². The normalized spacial score (nSPS) is 23.7.